The SMILES string of the molecule is CCC1C=C(C)C(F)C(C)CC(OC)C2OC(O)(C(=O)C(=O)N3CCCCC3C(=O)OC(C(C)=CC3CCC(O)C(O)C3)C(C)C(O)CC1=O)C(C)CC2OC. The zero-order valence-electron chi connectivity index (χ0n) is 34.4. The van der Waals surface area contributed by atoms with Crippen LogP contribution in [-0.2, 0) is 38.1 Å². The number of fused-ring (bicyclic) bond motifs is 3. The van der Waals surface area contributed by atoms with E-state index in [0.29, 0.717) is 43.3 Å². The number of rotatable bonds is 5. The van der Waals surface area contributed by atoms with Crippen molar-refractivity contribution < 1.29 is 62.9 Å². The Morgan fingerprint density at radius 1 is 0.964 bits per heavy atom. The Hall–Kier alpha value is -2.59. The van der Waals surface area contributed by atoms with Crippen molar-refractivity contribution in [2.24, 2.45) is 29.6 Å². The van der Waals surface area contributed by atoms with Crippen LogP contribution in [0.1, 0.15) is 106 Å². The number of aliphatic hydroxyl groups is 4. The van der Waals surface area contributed by atoms with Crippen molar-refractivity contribution in [2.45, 2.75) is 166 Å². The molecule has 3 heterocycles. The molecule has 0 aromatic rings. The third-order valence-corrected chi connectivity index (χ3v) is 12.8. The molecule has 2 bridgehead atoms. The van der Waals surface area contributed by atoms with E-state index in [-0.39, 0.29) is 50.4 Å². The Morgan fingerprint density at radius 3 is 2.25 bits per heavy atom. The second-order valence-electron chi connectivity index (χ2n) is 16.9. The summed E-state index contributed by atoms with van der Waals surface area (Å²) in [4.78, 5) is 57.4. The molecule has 3 fully saturated rings. The highest BCUT2D eigenvalue weighted by molar-refractivity contribution is 6.39. The number of piperidine rings is 1. The maximum atomic E-state index is 16.2. The van der Waals surface area contributed by atoms with Gasteiger partial charge >= 0.3 is 5.97 Å². The maximum absolute atomic E-state index is 16.2. The van der Waals surface area contributed by atoms with Crippen LogP contribution in [0.3, 0.4) is 0 Å². The Bertz CT molecular complexity index is 1450. The van der Waals surface area contributed by atoms with Crippen molar-refractivity contribution in [3.8, 4) is 0 Å². The summed E-state index contributed by atoms with van der Waals surface area (Å²) in [5, 5.41) is 44.0. The minimum Gasteiger partial charge on any atom is -0.456 e. The minimum atomic E-state index is -2.61. The summed E-state index contributed by atoms with van der Waals surface area (Å²) in [5.74, 6) is -9.37. The molecular formula is C42H66FNO12. The summed E-state index contributed by atoms with van der Waals surface area (Å²) in [6.45, 7) is 10.1. The molecule has 4 aliphatic rings. The summed E-state index contributed by atoms with van der Waals surface area (Å²) >= 11 is 0. The van der Waals surface area contributed by atoms with Crippen molar-refractivity contribution in [3.63, 3.8) is 0 Å². The van der Waals surface area contributed by atoms with Gasteiger partial charge in [-0.1, -0.05) is 39.8 Å². The molecular weight excluding hydrogens is 729 g/mol. The van der Waals surface area contributed by atoms with Crippen molar-refractivity contribution in [2.75, 3.05) is 20.8 Å². The van der Waals surface area contributed by atoms with Crippen LogP contribution in [0, 0.1) is 29.6 Å². The number of methoxy groups -OCH3 is 2. The van der Waals surface area contributed by atoms with Crippen molar-refractivity contribution in [1.82, 2.24) is 4.90 Å². The monoisotopic (exact) mass is 795 g/mol. The zero-order valence-corrected chi connectivity index (χ0v) is 34.4. The summed E-state index contributed by atoms with van der Waals surface area (Å²) in [6, 6.07) is -1.20. The molecule has 0 aromatic heterocycles. The van der Waals surface area contributed by atoms with E-state index in [1.807, 2.05) is 6.08 Å². The number of alkyl halides is 1. The summed E-state index contributed by atoms with van der Waals surface area (Å²) in [6.07, 6.45) is -2.14. The number of allylic oxidation sites excluding steroid dienone is 3. The second kappa shape index (κ2) is 19.9. The van der Waals surface area contributed by atoms with Crippen LogP contribution in [0.2, 0.25) is 0 Å². The lowest BCUT2D eigenvalue weighted by atomic mass is 9.81. The molecule has 13 nitrogen and oxygen atoms in total. The first-order valence-corrected chi connectivity index (χ1v) is 20.5. The molecule has 1 amide bonds. The van der Waals surface area contributed by atoms with Gasteiger partial charge in [0.05, 0.1) is 30.5 Å². The molecule has 4 rings (SSSR count). The highest BCUT2D eigenvalue weighted by Gasteiger charge is 2.56. The fourth-order valence-electron chi connectivity index (χ4n) is 9.06. The van der Waals surface area contributed by atoms with Crippen LogP contribution < -0.4 is 0 Å². The van der Waals surface area contributed by atoms with E-state index in [1.54, 1.807) is 47.6 Å². The first-order chi connectivity index (χ1) is 26.4. The highest BCUT2D eigenvalue weighted by Crippen LogP contribution is 2.39. The number of cyclic esters (lactones) is 1. The number of amides is 1. The molecule has 15 atom stereocenters. The second-order valence-corrected chi connectivity index (χ2v) is 16.9. The van der Waals surface area contributed by atoms with Crippen LogP contribution in [0.25, 0.3) is 0 Å². The molecule has 14 heteroatoms. The van der Waals surface area contributed by atoms with Gasteiger partial charge in [-0.15, -0.1) is 0 Å². The molecule has 4 N–H and O–H groups in total. The van der Waals surface area contributed by atoms with Crippen molar-refractivity contribution >= 4 is 23.4 Å². The van der Waals surface area contributed by atoms with E-state index in [4.69, 9.17) is 18.9 Å². The molecule has 0 spiro atoms. The van der Waals surface area contributed by atoms with Crippen LogP contribution >= 0.6 is 0 Å². The van der Waals surface area contributed by atoms with E-state index in [1.165, 1.54) is 14.2 Å². The highest BCUT2D eigenvalue weighted by atomic mass is 19.1. The number of ketones is 2. The van der Waals surface area contributed by atoms with Crippen LogP contribution in [0.5, 0.6) is 0 Å². The number of aliphatic hydroxyl groups excluding tert-OH is 3. The van der Waals surface area contributed by atoms with Gasteiger partial charge in [0.2, 0.25) is 5.79 Å². The number of carbonyl (C=O) groups excluding carboxylic acids is 4. The van der Waals surface area contributed by atoms with Gasteiger partial charge in [-0.2, -0.15) is 0 Å². The predicted octanol–water partition coefficient (Wildman–Crippen LogP) is 3.77. The van der Waals surface area contributed by atoms with Gasteiger partial charge in [0.1, 0.15) is 30.2 Å². The molecule has 0 radical (unpaired) electrons. The Kier molecular flexibility index (Phi) is 16.4. The quantitative estimate of drug-likeness (QED) is 0.180. The average molecular weight is 796 g/mol. The third kappa shape index (κ3) is 10.3. The standard InChI is InChI=1S/C42H66FNO12/c1-9-28-17-22(2)36(43)23(3)18-34(53-7)38-35(54-8)19-25(5)42(52,56-38)39(49)40(50)44-15-11-10-12-29(44)41(51)55-37(26(6)31(46)21-32(28)47)24(4)16-27-13-14-30(45)33(48)20-27/h16-17,23,25-31,33-38,45-46,48,52H,9-15,18-21H2,1-8H3. The molecule has 3 aliphatic heterocycles. The lowest BCUT2D eigenvalue weighted by Crippen LogP contribution is -2.64. The van der Waals surface area contributed by atoms with Crippen LogP contribution in [0.15, 0.2) is 23.3 Å². The van der Waals surface area contributed by atoms with Crippen LogP contribution in [0.4, 0.5) is 4.39 Å². The first-order valence-electron chi connectivity index (χ1n) is 20.5. The number of esters is 1. The smallest absolute Gasteiger partial charge is 0.329 e. The van der Waals surface area contributed by atoms with E-state index in [0.717, 1.165) is 4.90 Å². The van der Waals surface area contributed by atoms with Crippen molar-refractivity contribution in [1.29, 1.82) is 0 Å². The Morgan fingerprint density at radius 2 is 1.62 bits per heavy atom. The molecule has 1 saturated carbocycles. The number of carbonyl (C=O) groups is 4. The molecule has 56 heavy (non-hydrogen) atoms. The summed E-state index contributed by atoms with van der Waals surface area (Å²) < 4.78 is 40.0. The van der Waals surface area contributed by atoms with Gasteiger partial charge in [0.25, 0.3) is 11.7 Å². The van der Waals surface area contributed by atoms with Gasteiger partial charge in [-0.3, -0.25) is 14.4 Å². The molecule has 1 aliphatic carbocycles. The Balaban J connectivity index is 1.79. The average Bonchev–Trinajstić information content (AvgIpc) is 3.18. The van der Waals surface area contributed by atoms with Gasteiger partial charge in [0, 0.05) is 44.9 Å². The number of halogens is 1. The zero-order chi connectivity index (χ0) is 41.6. The van der Waals surface area contributed by atoms with Gasteiger partial charge in [-0.05, 0) is 94.6 Å². The molecule has 2 saturated heterocycles. The number of Topliss-reactive ketones (excluding diaryl/α,β-unsaturated/α-hetero) is 2. The van der Waals surface area contributed by atoms with Crippen LogP contribution in [-0.4, -0.2) is 130 Å². The number of ether oxygens (including phenoxy) is 4. The van der Waals surface area contributed by atoms with Gasteiger partial charge < -0.3 is 44.3 Å². The predicted molar refractivity (Wildman–Crippen MR) is 204 cm³/mol. The van der Waals surface area contributed by atoms with E-state index < -0.39 is 102 Å². The molecule has 318 valence electrons. The van der Waals surface area contributed by atoms with Gasteiger partial charge in [0.15, 0.2) is 0 Å². The molecule has 0 aromatic carbocycles. The van der Waals surface area contributed by atoms with E-state index in [2.05, 4.69) is 0 Å². The van der Waals surface area contributed by atoms with Crippen molar-refractivity contribution in [3.05, 3.63) is 23.3 Å². The summed E-state index contributed by atoms with van der Waals surface area (Å²) in [7, 11) is 2.86. The Labute approximate surface area is 331 Å². The maximum Gasteiger partial charge on any atom is 0.329 e. The number of nitrogens with zero attached hydrogens (tertiary/aromatic N) is 1. The van der Waals surface area contributed by atoms with E-state index >= 15 is 4.39 Å². The van der Waals surface area contributed by atoms with E-state index in [9.17, 15) is 39.6 Å². The summed E-state index contributed by atoms with van der Waals surface area (Å²) in [5.41, 5.74) is 0.873. The number of hydrogen-bond acceptors (Lipinski definition) is 12. The topological polar surface area (TPSA) is 189 Å². The van der Waals surface area contributed by atoms with Gasteiger partial charge in [-0.25, -0.2) is 9.18 Å². The largest absolute Gasteiger partial charge is 0.456 e. The lowest BCUT2D eigenvalue weighted by Gasteiger charge is -2.47. The minimum absolute atomic E-state index is 0.0360. The molecule has 15 unspecified atom stereocenters. The normalized spacial score (nSPS) is 42.0. The lowest BCUT2D eigenvalue weighted by molar-refractivity contribution is -0.302. The number of hydrogen-bond donors (Lipinski definition) is 4. The fourth-order valence-corrected chi connectivity index (χ4v) is 9.06. The fraction of sp³-hybridized carbons (Fsp3) is 0.810. The first kappa shape index (κ1) is 46.1. The third-order valence-electron chi connectivity index (χ3n) is 12.8.